The molecule has 0 saturated heterocycles. The summed E-state index contributed by atoms with van der Waals surface area (Å²) >= 11 is 0. The van der Waals surface area contributed by atoms with Gasteiger partial charge in [0.2, 0.25) is 0 Å². The maximum Gasteiger partial charge on any atom is 0.264 e. The molecule has 0 bridgehead atoms. The molecule has 178 valence electrons. The zero-order valence-electron chi connectivity index (χ0n) is 19.9. The lowest BCUT2D eigenvalue weighted by molar-refractivity contribution is 0.355. The van der Waals surface area contributed by atoms with Crippen LogP contribution in [-0.4, -0.2) is 40.7 Å². The van der Waals surface area contributed by atoms with Crippen LogP contribution in [0.4, 0.5) is 5.82 Å². The molecule has 0 aliphatic rings. The number of hydrogen-bond acceptors (Lipinski definition) is 7. The van der Waals surface area contributed by atoms with Crippen LogP contribution >= 0.6 is 0 Å². The number of hydrogen-bond donors (Lipinski definition) is 1. The van der Waals surface area contributed by atoms with Crippen molar-refractivity contribution in [3.8, 4) is 22.9 Å². The fourth-order valence-electron chi connectivity index (χ4n) is 4.29. The number of ether oxygens (including phenoxy) is 3. The van der Waals surface area contributed by atoms with Crippen LogP contribution in [0.2, 0.25) is 0 Å². The minimum absolute atomic E-state index is 0.249. The zero-order valence-corrected chi connectivity index (χ0v) is 19.9. The number of methoxy groups -OCH3 is 3. The van der Waals surface area contributed by atoms with Gasteiger partial charge >= 0.3 is 0 Å². The van der Waals surface area contributed by atoms with Gasteiger partial charge < -0.3 is 24.5 Å². The van der Waals surface area contributed by atoms with E-state index < -0.39 is 0 Å². The van der Waals surface area contributed by atoms with Crippen molar-refractivity contribution in [1.82, 2.24) is 19.3 Å². The Labute approximate surface area is 201 Å². The van der Waals surface area contributed by atoms with E-state index in [4.69, 9.17) is 25.0 Å². The highest BCUT2D eigenvalue weighted by molar-refractivity contribution is 6.08. The van der Waals surface area contributed by atoms with Crippen LogP contribution in [0.15, 0.2) is 59.7 Å². The number of benzene rings is 2. The molecule has 9 heteroatoms. The highest BCUT2D eigenvalue weighted by Gasteiger charge is 2.22. The molecule has 0 spiro atoms. The molecule has 5 aromatic rings. The first-order valence-electron chi connectivity index (χ1n) is 11.0. The normalized spacial score (nSPS) is 11.2. The third kappa shape index (κ3) is 3.61. The largest absolute Gasteiger partial charge is 0.497 e. The standard InChI is InChI=1S/C26H25N5O4/c1-15-9-10-28-13-20(15)31-25(27)23-24(29-31)18-11-21(34-3)22(35-4)12-19(18)30(26(23)32)14-16-5-7-17(33-2)8-6-16/h5-13H,14,27H2,1-4H3. The smallest absolute Gasteiger partial charge is 0.264 e. The lowest BCUT2D eigenvalue weighted by Crippen LogP contribution is -2.22. The molecule has 0 atom stereocenters. The predicted octanol–water partition coefficient (Wildman–Crippen LogP) is 3.70. The van der Waals surface area contributed by atoms with E-state index in [1.165, 1.54) is 0 Å². The molecule has 0 radical (unpaired) electrons. The second-order valence-electron chi connectivity index (χ2n) is 8.15. The molecule has 9 nitrogen and oxygen atoms in total. The quantitative estimate of drug-likeness (QED) is 0.402. The van der Waals surface area contributed by atoms with Crippen LogP contribution in [0.25, 0.3) is 27.5 Å². The van der Waals surface area contributed by atoms with Crippen molar-refractivity contribution in [2.24, 2.45) is 0 Å². The van der Waals surface area contributed by atoms with Gasteiger partial charge in [-0.05, 0) is 42.3 Å². The SMILES string of the molecule is COc1ccc(Cn2c(=O)c3c(N)n(-c4cnccc4C)nc3c3cc(OC)c(OC)cc32)cc1. The molecule has 2 N–H and O–H groups in total. The third-order valence-electron chi connectivity index (χ3n) is 6.17. The lowest BCUT2D eigenvalue weighted by atomic mass is 10.1. The summed E-state index contributed by atoms with van der Waals surface area (Å²) in [7, 11) is 4.75. The van der Waals surface area contributed by atoms with Gasteiger partial charge in [-0.3, -0.25) is 9.78 Å². The summed E-state index contributed by atoms with van der Waals surface area (Å²) in [6, 6.07) is 13.1. The Morgan fingerprint density at radius 3 is 2.34 bits per heavy atom. The van der Waals surface area contributed by atoms with Crippen molar-refractivity contribution in [1.29, 1.82) is 0 Å². The first-order valence-corrected chi connectivity index (χ1v) is 11.0. The molecule has 0 aliphatic carbocycles. The molecule has 5 rings (SSSR count). The van der Waals surface area contributed by atoms with Gasteiger partial charge in [0.1, 0.15) is 22.5 Å². The van der Waals surface area contributed by atoms with E-state index in [0.29, 0.717) is 40.2 Å². The van der Waals surface area contributed by atoms with Crippen LogP contribution in [0.3, 0.4) is 0 Å². The van der Waals surface area contributed by atoms with Gasteiger partial charge in [-0.15, -0.1) is 0 Å². The Balaban J connectivity index is 1.85. The number of aromatic nitrogens is 4. The number of nitrogens with two attached hydrogens (primary N) is 1. The number of aryl methyl sites for hydroxylation is 1. The Kier molecular flexibility index (Phi) is 5.52. The molecule has 3 aromatic heterocycles. The van der Waals surface area contributed by atoms with Crippen LogP contribution in [0.1, 0.15) is 11.1 Å². The molecule has 0 fully saturated rings. The minimum Gasteiger partial charge on any atom is -0.497 e. The van der Waals surface area contributed by atoms with E-state index in [9.17, 15) is 4.79 Å². The van der Waals surface area contributed by atoms with E-state index in [1.807, 2.05) is 43.3 Å². The average Bonchev–Trinajstić information content (AvgIpc) is 3.23. The second kappa shape index (κ2) is 8.68. The number of fused-ring (bicyclic) bond motifs is 3. The van der Waals surface area contributed by atoms with Crippen LogP contribution in [-0.2, 0) is 6.54 Å². The number of nitrogens with zero attached hydrogens (tertiary/aromatic N) is 4. The van der Waals surface area contributed by atoms with Gasteiger partial charge in [-0.25, -0.2) is 4.68 Å². The number of rotatable bonds is 6. The number of nitrogen functional groups attached to an aromatic ring is 1. The Bertz CT molecular complexity index is 1620. The highest BCUT2D eigenvalue weighted by Crippen LogP contribution is 2.36. The first kappa shape index (κ1) is 22.3. The molecule has 35 heavy (non-hydrogen) atoms. The highest BCUT2D eigenvalue weighted by atomic mass is 16.5. The van der Waals surface area contributed by atoms with Crippen molar-refractivity contribution >= 4 is 27.6 Å². The summed E-state index contributed by atoms with van der Waals surface area (Å²) in [4.78, 5) is 18.1. The average molecular weight is 472 g/mol. The predicted molar refractivity (Wildman–Crippen MR) is 135 cm³/mol. The van der Waals surface area contributed by atoms with Gasteiger partial charge in [0.05, 0.1) is 45.3 Å². The first-order chi connectivity index (χ1) is 17.0. The lowest BCUT2D eigenvalue weighted by Gasteiger charge is -2.15. The molecule has 0 unspecified atom stereocenters. The van der Waals surface area contributed by atoms with Gasteiger partial charge in [0.15, 0.2) is 11.5 Å². The summed E-state index contributed by atoms with van der Waals surface area (Å²) in [5.41, 5.74) is 10.0. The Hall–Kier alpha value is -4.53. The van der Waals surface area contributed by atoms with Gasteiger partial charge in [-0.1, -0.05) is 12.1 Å². The van der Waals surface area contributed by atoms with E-state index in [0.717, 1.165) is 22.3 Å². The second-order valence-corrected chi connectivity index (χ2v) is 8.15. The van der Waals surface area contributed by atoms with Crippen LogP contribution in [0, 0.1) is 6.92 Å². The molecule has 3 heterocycles. The van der Waals surface area contributed by atoms with E-state index >= 15 is 0 Å². The number of anilines is 1. The van der Waals surface area contributed by atoms with Crippen molar-refractivity contribution in [3.63, 3.8) is 0 Å². The summed E-state index contributed by atoms with van der Waals surface area (Å²) in [5.74, 6) is 2.03. The monoisotopic (exact) mass is 471 g/mol. The maximum atomic E-state index is 13.9. The molecular formula is C26H25N5O4. The zero-order chi connectivity index (χ0) is 24.7. The fourth-order valence-corrected chi connectivity index (χ4v) is 4.29. The molecule has 0 amide bonds. The van der Waals surface area contributed by atoms with Crippen molar-refractivity contribution in [3.05, 3.63) is 76.3 Å². The molecule has 2 aromatic carbocycles. The van der Waals surface area contributed by atoms with Crippen LogP contribution < -0.4 is 25.5 Å². The van der Waals surface area contributed by atoms with E-state index in [-0.39, 0.29) is 11.4 Å². The van der Waals surface area contributed by atoms with Gasteiger partial charge in [-0.2, -0.15) is 5.10 Å². The molecule has 0 aliphatic heterocycles. The summed E-state index contributed by atoms with van der Waals surface area (Å²) in [6.45, 7) is 2.26. The van der Waals surface area contributed by atoms with Gasteiger partial charge in [0, 0.05) is 17.6 Å². The van der Waals surface area contributed by atoms with Crippen LogP contribution in [0.5, 0.6) is 17.2 Å². The van der Waals surface area contributed by atoms with E-state index in [2.05, 4.69) is 4.98 Å². The fraction of sp³-hybridized carbons (Fsp3) is 0.192. The Morgan fingerprint density at radius 1 is 0.971 bits per heavy atom. The van der Waals surface area contributed by atoms with Crippen molar-refractivity contribution in [2.45, 2.75) is 13.5 Å². The van der Waals surface area contributed by atoms with Crippen molar-refractivity contribution in [2.75, 3.05) is 27.1 Å². The minimum atomic E-state index is -0.249. The molecule has 0 saturated carbocycles. The third-order valence-corrected chi connectivity index (χ3v) is 6.17. The number of pyridine rings is 2. The summed E-state index contributed by atoms with van der Waals surface area (Å²) in [5, 5.41) is 5.81. The maximum absolute atomic E-state index is 13.9. The topological polar surface area (TPSA) is 106 Å². The Morgan fingerprint density at radius 2 is 1.69 bits per heavy atom. The summed E-state index contributed by atoms with van der Waals surface area (Å²) < 4.78 is 19.6. The van der Waals surface area contributed by atoms with Crippen molar-refractivity contribution < 1.29 is 14.2 Å². The van der Waals surface area contributed by atoms with E-state index in [1.54, 1.807) is 49.0 Å². The molecular weight excluding hydrogens is 446 g/mol. The summed E-state index contributed by atoms with van der Waals surface area (Å²) in [6.07, 6.45) is 3.38. The van der Waals surface area contributed by atoms with Gasteiger partial charge in [0.25, 0.3) is 5.56 Å².